The predicted molar refractivity (Wildman–Crippen MR) is 72.0 cm³/mol. The maximum Gasteiger partial charge on any atom is 0.138 e. The minimum Gasteiger partial charge on any atom is -0.506 e. The van der Waals surface area contributed by atoms with Crippen molar-refractivity contribution in [1.29, 1.82) is 0 Å². The molecule has 0 fully saturated rings. The van der Waals surface area contributed by atoms with Gasteiger partial charge < -0.3 is 10.8 Å². The van der Waals surface area contributed by atoms with Crippen LogP contribution in [0, 0.1) is 6.92 Å². The van der Waals surface area contributed by atoms with Crippen LogP contribution in [-0.4, -0.2) is 5.11 Å². The van der Waals surface area contributed by atoms with Crippen LogP contribution in [0.4, 0.5) is 5.69 Å². The standard InChI is InChI=1S/C13H14NOP/c1-8-10(3-2-4-13(8)16)9-5-6-12(15)11(14)7-9/h2-7,15H,14,16H2,1H3. The second-order valence-electron chi connectivity index (χ2n) is 3.79. The van der Waals surface area contributed by atoms with Gasteiger partial charge in [0.25, 0.3) is 0 Å². The molecule has 16 heavy (non-hydrogen) atoms. The van der Waals surface area contributed by atoms with Gasteiger partial charge in [0.15, 0.2) is 0 Å². The van der Waals surface area contributed by atoms with Gasteiger partial charge in [0, 0.05) is 0 Å². The number of rotatable bonds is 1. The van der Waals surface area contributed by atoms with Crippen LogP contribution in [0.15, 0.2) is 36.4 Å². The van der Waals surface area contributed by atoms with E-state index in [1.54, 1.807) is 12.1 Å². The first-order chi connectivity index (χ1) is 7.59. The first-order valence-electron chi connectivity index (χ1n) is 5.03. The summed E-state index contributed by atoms with van der Waals surface area (Å²) in [6.45, 7) is 2.07. The lowest BCUT2D eigenvalue weighted by molar-refractivity contribution is 0.478. The van der Waals surface area contributed by atoms with Crippen molar-refractivity contribution in [3.05, 3.63) is 42.0 Å². The Kier molecular flexibility index (Phi) is 2.84. The first-order valence-corrected chi connectivity index (χ1v) is 5.61. The summed E-state index contributed by atoms with van der Waals surface area (Å²) in [5, 5.41) is 10.6. The van der Waals surface area contributed by atoms with Crippen LogP contribution in [0.2, 0.25) is 0 Å². The van der Waals surface area contributed by atoms with Crippen molar-refractivity contribution in [3.63, 3.8) is 0 Å². The molecule has 2 rings (SSSR count). The summed E-state index contributed by atoms with van der Waals surface area (Å²) in [5.41, 5.74) is 9.47. The summed E-state index contributed by atoms with van der Waals surface area (Å²) < 4.78 is 0. The SMILES string of the molecule is Cc1c(P)cccc1-c1ccc(O)c(N)c1. The van der Waals surface area contributed by atoms with Gasteiger partial charge in [-0.2, -0.15) is 0 Å². The molecule has 0 aromatic heterocycles. The average Bonchev–Trinajstić information content (AvgIpc) is 2.26. The van der Waals surface area contributed by atoms with E-state index in [9.17, 15) is 5.11 Å². The third-order valence-corrected chi connectivity index (χ3v) is 3.34. The molecule has 2 aromatic carbocycles. The van der Waals surface area contributed by atoms with Gasteiger partial charge in [-0.25, -0.2) is 0 Å². The van der Waals surface area contributed by atoms with E-state index in [0.29, 0.717) is 5.69 Å². The zero-order valence-electron chi connectivity index (χ0n) is 9.07. The Morgan fingerprint density at radius 2 is 1.94 bits per heavy atom. The Labute approximate surface area is 97.3 Å². The number of hydrogen-bond acceptors (Lipinski definition) is 2. The topological polar surface area (TPSA) is 46.2 Å². The number of phenols is 1. The molecule has 1 unspecified atom stereocenters. The fourth-order valence-corrected chi connectivity index (χ4v) is 1.95. The molecule has 0 saturated heterocycles. The number of phenolic OH excluding ortho intramolecular Hbond substituents is 1. The predicted octanol–water partition coefficient (Wildman–Crippen LogP) is 2.45. The number of benzene rings is 2. The quantitative estimate of drug-likeness (QED) is 0.450. The highest BCUT2D eigenvalue weighted by Crippen LogP contribution is 2.29. The Morgan fingerprint density at radius 3 is 2.62 bits per heavy atom. The smallest absolute Gasteiger partial charge is 0.138 e. The molecule has 0 aliphatic heterocycles. The van der Waals surface area contributed by atoms with Crippen molar-refractivity contribution in [2.45, 2.75) is 6.92 Å². The molecule has 82 valence electrons. The minimum absolute atomic E-state index is 0.128. The van der Waals surface area contributed by atoms with Gasteiger partial charge in [0.2, 0.25) is 0 Å². The van der Waals surface area contributed by atoms with Gasteiger partial charge in [-0.05, 0) is 41.1 Å². The van der Waals surface area contributed by atoms with Gasteiger partial charge in [0.05, 0.1) is 5.69 Å². The normalized spacial score (nSPS) is 10.4. The van der Waals surface area contributed by atoms with E-state index in [1.807, 2.05) is 18.2 Å². The van der Waals surface area contributed by atoms with Crippen molar-refractivity contribution in [2.24, 2.45) is 0 Å². The molecular formula is C13H14NOP. The first kappa shape index (κ1) is 11.0. The van der Waals surface area contributed by atoms with Gasteiger partial charge in [-0.3, -0.25) is 0 Å². The highest BCUT2D eigenvalue weighted by Gasteiger charge is 2.05. The number of nitrogens with two attached hydrogens (primary N) is 1. The summed E-state index contributed by atoms with van der Waals surface area (Å²) >= 11 is 0. The lowest BCUT2D eigenvalue weighted by Crippen LogP contribution is -1.98. The van der Waals surface area contributed by atoms with Gasteiger partial charge >= 0.3 is 0 Å². The highest BCUT2D eigenvalue weighted by atomic mass is 31.0. The summed E-state index contributed by atoms with van der Waals surface area (Å²) in [5.74, 6) is 0.128. The van der Waals surface area contributed by atoms with E-state index in [1.165, 1.54) is 10.9 Å². The maximum atomic E-state index is 9.39. The molecule has 3 heteroatoms. The fraction of sp³-hybridized carbons (Fsp3) is 0.0769. The van der Waals surface area contributed by atoms with Crippen LogP contribution in [0.25, 0.3) is 11.1 Å². The molecule has 2 aromatic rings. The van der Waals surface area contributed by atoms with Crippen LogP contribution < -0.4 is 11.0 Å². The van der Waals surface area contributed by atoms with E-state index in [-0.39, 0.29) is 5.75 Å². The second kappa shape index (κ2) is 4.15. The largest absolute Gasteiger partial charge is 0.506 e. The van der Waals surface area contributed by atoms with E-state index in [4.69, 9.17) is 5.73 Å². The molecule has 1 atom stereocenters. The lowest BCUT2D eigenvalue weighted by Gasteiger charge is -2.09. The van der Waals surface area contributed by atoms with Gasteiger partial charge in [-0.1, -0.05) is 24.3 Å². The van der Waals surface area contributed by atoms with E-state index in [2.05, 4.69) is 22.2 Å². The van der Waals surface area contributed by atoms with Crippen molar-refractivity contribution in [1.82, 2.24) is 0 Å². The van der Waals surface area contributed by atoms with Crippen LogP contribution in [0.3, 0.4) is 0 Å². The Balaban J connectivity index is 2.59. The van der Waals surface area contributed by atoms with Gasteiger partial charge in [0.1, 0.15) is 5.75 Å². The van der Waals surface area contributed by atoms with Crippen LogP contribution in [-0.2, 0) is 0 Å². The molecule has 2 nitrogen and oxygen atoms in total. The van der Waals surface area contributed by atoms with Crippen molar-refractivity contribution >= 4 is 20.2 Å². The molecule has 0 bridgehead atoms. The van der Waals surface area contributed by atoms with Crippen LogP contribution in [0.5, 0.6) is 5.75 Å². The van der Waals surface area contributed by atoms with Crippen LogP contribution in [0.1, 0.15) is 5.56 Å². The van der Waals surface area contributed by atoms with E-state index >= 15 is 0 Å². The van der Waals surface area contributed by atoms with Gasteiger partial charge in [-0.15, -0.1) is 9.24 Å². The van der Waals surface area contributed by atoms with Crippen molar-refractivity contribution < 1.29 is 5.11 Å². The minimum atomic E-state index is 0.128. The Morgan fingerprint density at radius 1 is 1.19 bits per heavy atom. The highest BCUT2D eigenvalue weighted by molar-refractivity contribution is 7.27. The molecule has 3 N–H and O–H groups in total. The molecule has 0 spiro atoms. The van der Waals surface area contributed by atoms with E-state index in [0.717, 1.165) is 11.1 Å². The average molecular weight is 231 g/mol. The number of hydrogen-bond donors (Lipinski definition) is 2. The number of anilines is 1. The summed E-state index contributed by atoms with van der Waals surface area (Å²) in [6, 6.07) is 11.4. The molecule has 0 saturated carbocycles. The van der Waals surface area contributed by atoms with Crippen LogP contribution >= 0.6 is 9.24 Å². The molecule has 0 radical (unpaired) electrons. The molecule has 0 heterocycles. The summed E-state index contributed by atoms with van der Waals surface area (Å²) in [7, 11) is 2.71. The molecule has 0 amide bonds. The third-order valence-electron chi connectivity index (χ3n) is 2.71. The molecule has 0 aliphatic rings. The maximum absolute atomic E-state index is 9.39. The monoisotopic (exact) mass is 231 g/mol. The molecule has 0 aliphatic carbocycles. The summed E-state index contributed by atoms with van der Waals surface area (Å²) in [4.78, 5) is 0. The molecular weight excluding hydrogens is 217 g/mol. The Hall–Kier alpha value is -1.53. The third kappa shape index (κ3) is 1.89. The fourth-order valence-electron chi connectivity index (χ4n) is 1.69. The van der Waals surface area contributed by atoms with Crippen molar-refractivity contribution in [2.75, 3.05) is 5.73 Å². The number of nitrogen functional groups attached to an aromatic ring is 1. The zero-order valence-corrected chi connectivity index (χ0v) is 10.2. The van der Waals surface area contributed by atoms with Crippen molar-refractivity contribution in [3.8, 4) is 16.9 Å². The summed E-state index contributed by atoms with van der Waals surface area (Å²) in [6.07, 6.45) is 0. The van der Waals surface area contributed by atoms with E-state index < -0.39 is 0 Å². The Bertz CT molecular complexity index is 537. The zero-order chi connectivity index (χ0) is 11.7. The second-order valence-corrected chi connectivity index (χ2v) is 4.42. The lowest BCUT2D eigenvalue weighted by atomic mass is 10.00. The number of aromatic hydroxyl groups is 1.